The molecule has 2 heterocycles. The number of nitrogens with zero attached hydrogens (tertiary/aromatic N) is 2. The summed E-state index contributed by atoms with van der Waals surface area (Å²) in [6.07, 6.45) is 1.63. The zero-order valence-electron chi connectivity index (χ0n) is 15.3. The minimum atomic E-state index is -0.245. The Labute approximate surface area is 152 Å². The maximum atomic E-state index is 13.1. The molecule has 0 aliphatic rings. The van der Waals surface area contributed by atoms with Crippen LogP contribution in [0.25, 0.3) is 0 Å². The van der Waals surface area contributed by atoms with Crippen LogP contribution in [-0.4, -0.2) is 28.8 Å². The average Bonchev–Trinajstić information content (AvgIpc) is 3.19. The summed E-state index contributed by atoms with van der Waals surface area (Å²) < 4.78 is 20.5. The molecule has 0 spiro atoms. The van der Waals surface area contributed by atoms with Crippen LogP contribution in [0.5, 0.6) is 0 Å². The van der Waals surface area contributed by atoms with Gasteiger partial charge in [0.1, 0.15) is 11.6 Å². The third-order valence-corrected chi connectivity index (χ3v) is 4.55. The van der Waals surface area contributed by atoms with E-state index in [1.54, 1.807) is 18.4 Å². The highest BCUT2D eigenvalue weighted by molar-refractivity contribution is 5.99. The molecule has 1 aromatic carbocycles. The maximum absolute atomic E-state index is 13.1. The lowest BCUT2D eigenvalue weighted by Crippen LogP contribution is -2.25. The summed E-state index contributed by atoms with van der Waals surface area (Å²) in [6.45, 7) is 5.47. The van der Waals surface area contributed by atoms with Crippen molar-refractivity contribution in [3.05, 3.63) is 82.8 Å². The van der Waals surface area contributed by atoms with Gasteiger partial charge in [-0.3, -0.25) is 9.69 Å². The number of halogens is 1. The van der Waals surface area contributed by atoms with E-state index < -0.39 is 0 Å². The predicted octanol–water partition coefficient (Wildman–Crippen LogP) is 4.20. The monoisotopic (exact) mass is 354 g/mol. The lowest BCUT2D eigenvalue weighted by Gasteiger charge is -2.14. The second kappa shape index (κ2) is 7.70. The Balaban J connectivity index is 1.71. The molecule has 0 saturated heterocycles. The Hall–Kier alpha value is -2.66. The van der Waals surface area contributed by atoms with Crippen molar-refractivity contribution in [2.75, 3.05) is 13.6 Å². The van der Waals surface area contributed by atoms with E-state index in [0.717, 1.165) is 28.3 Å². The molecular weight excluding hydrogens is 331 g/mol. The lowest BCUT2D eigenvalue weighted by atomic mass is 10.1. The number of likely N-dealkylation sites (N-methyl/N-ethyl adjacent to an activating group) is 1. The van der Waals surface area contributed by atoms with Crippen LogP contribution in [0.2, 0.25) is 0 Å². The third kappa shape index (κ3) is 4.11. The smallest absolute Gasteiger partial charge is 0.178 e. The van der Waals surface area contributed by atoms with Gasteiger partial charge >= 0.3 is 0 Å². The van der Waals surface area contributed by atoms with E-state index in [0.29, 0.717) is 19.6 Å². The summed E-state index contributed by atoms with van der Waals surface area (Å²) in [5, 5.41) is 0. The SMILES string of the molecule is Cc1cc(C(=O)CN(C)Cc2ccco2)c(C)n1Cc1ccc(F)cc1. The number of rotatable bonds is 7. The first-order valence-corrected chi connectivity index (χ1v) is 8.59. The van der Waals surface area contributed by atoms with Gasteiger partial charge in [-0.05, 0) is 56.8 Å². The fourth-order valence-corrected chi connectivity index (χ4v) is 3.15. The van der Waals surface area contributed by atoms with Gasteiger partial charge < -0.3 is 8.98 Å². The Morgan fingerprint density at radius 2 is 1.92 bits per heavy atom. The largest absolute Gasteiger partial charge is 0.468 e. The summed E-state index contributed by atoms with van der Waals surface area (Å²) >= 11 is 0. The van der Waals surface area contributed by atoms with Gasteiger partial charge in [-0.1, -0.05) is 12.1 Å². The second-order valence-electron chi connectivity index (χ2n) is 6.67. The van der Waals surface area contributed by atoms with Gasteiger partial charge in [-0.15, -0.1) is 0 Å². The molecule has 0 aliphatic heterocycles. The third-order valence-electron chi connectivity index (χ3n) is 4.55. The molecule has 3 rings (SSSR count). The van der Waals surface area contributed by atoms with Gasteiger partial charge in [0, 0.05) is 23.5 Å². The van der Waals surface area contributed by atoms with E-state index in [2.05, 4.69) is 4.57 Å². The van der Waals surface area contributed by atoms with Gasteiger partial charge in [0.2, 0.25) is 0 Å². The van der Waals surface area contributed by atoms with Crippen molar-refractivity contribution in [3.63, 3.8) is 0 Å². The highest BCUT2D eigenvalue weighted by Crippen LogP contribution is 2.18. The Morgan fingerprint density at radius 1 is 1.19 bits per heavy atom. The van der Waals surface area contributed by atoms with Crippen LogP contribution in [0.1, 0.15) is 33.1 Å². The van der Waals surface area contributed by atoms with Crippen molar-refractivity contribution < 1.29 is 13.6 Å². The van der Waals surface area contributed by atoms with Gasteiger partial charge in [0.25, 0.3) is 0 Å². The molecule has 0 N–H and O–H groups in total. The van der Waals surface area contributed by atoms with Crippen LogP contribution in [0.3, 0.4) is 0 Å². The van der Waals surface area contributed by atoms with Crippen molar-refractivity contribution in [1.29, 1.82) is 0 Å². The van der Waals surface area contributed by atoms with E-state index in [-0.39, 0.29) is 11.6 Å². The molecule has 0 radical (unpaired) electrons. The summed E-state index contributed by atoms with van der Waals surface area (Å²) in [5.41, 5.74) is 3.69. The summed E-state index contributed by atoms with van der Waals surface area (Å²) in [5.74, 6) is 0.671. The van der Waals surface area contributed by atoms with Crippen molar-refractivity contribution in [2.24, 2.45) is 0 Å². The Kier molecular flexibility index (Phi) is 5.38. The number of benzene rings is 1. The van der Waals surface area contributed by atoms with Gasteiger partial charge in [-0.2, -0.15) is 0 Å². The zero-order chi connectivity index (χ0) is 18.7. The molecule has 0 bridgehead atoms. The van der Waals surface area contributed by atoms with E-state index in [1.165, 1.54) is 12.1 Å². The van der Waals surface area contributed by atoms with Crippen LogP contribution in [0, 0.1) is 19.7 Å². The first kappa shape index (κ1) is 18.1. The molecule has 0 atom stereocenters. The van der Waals surface area contributed by atoms with E-state index in [4.69, 9.17) is 4.42 Å². The Morgan fingerprint density at radius 3 is 2.58 bits per heavy atom. The van der Waals surface area contributed by atoms with Gasteiger partial charge in [0.15, 0.2) is 5.78 Å². The quantitative estimate of drug-likeness (QED) is 0.597. The number of aromatic nitrogens is 1. The molecular formula is C21H23FN2O2. The Bertz CT molecular complexity index is 880. The molecule has 0 amide bonds. The molecule has 3 aromatic rings. The van der Waals surface area contributed by atoms with E-state index >= 15 is 0 Å². The molecule has 0 aliphatic carbocycles. The number of carbonyl (C=O) groups is 1. The zero-order valence-corrected chi connectivity index (χ0v) is 15.3. The number of aryl methyl sites for hydroxylation is 1. The summed E-state index contributed by atoms with van der Waals surface area (Å²) in [4.78, 5) is 14.7. The maximum Gasteiger partial charge on any atom is 0.178 e. The lowest BCUT2D eigenvalue weighted by molar-refractivity contribution is 0.0939. The topological polar surface area (TPSA) is 38.4 Å². The summed E-state index contributed by atoms with van der Waals surface area (Å²) in [7, 11) is 1.90. The fourth-order valence-electron chi connectivity index (χ4n) is 3.15. The number of hydrogen-bond donors (Lipinski definition) is 0. The number of hydrogen-bond acceptors (Lipinski definition) is 3. The fraction of sp³-hybridized carbons (Fsp3) is 0.286. The van der Waals surface area contributed by atoms with Gasteiger partial charge in [-0.25, -0.2) is 4.39 Å². The normalized spacial score (nSPS) is 11.3. The first-order valence-electron chi connectivity index (χ1n) is 8.59. The number of furan rings is 1. The molecule has 4 nitrogen and oxygen atoms in total. The summed E-state index contributed by atoms with van der Waals surface area (Å²) in [6, 6.07) is 12.1. The van der Waals surface area contributed by atoms with Crippen LogP contribution < -0.4 is 0 Å². The minimum Gasteiger partial charge on any atom is -0.468 e. The van der Waals surface area contributed by atoms with Crippen molar-refractivity contribution >= 4 is 5.78 Å². The van der Waals surface area contributed by atoms with E-state index in [9.17, 15) is 9.18 Å². The van der Waals surface area contributed by atoms with Crippen LogP contribution >= 0.6 is 0 Å². The van der Waals surface area contributed by atoms with Gasteiger partial charge in [0.05, 0.1) is 19.4 Å². The molecule has 0 saturated carbocycles. The van der Waals surface area contributed by atoms with Crippen LogP contribution in [0.4, 0.5) is 4.39 Å². The molecule has 0 fully saturated rings. The first-order chi connectivity index (χ1) is 12.4. The second-order valence-corrected chi connectivity index (χ2v) is 6.67. The highest BCUT2D eigenvalue weighted by Gasteiger charge is 2.17. The van der Waals surface area contributed by atoms with Crippen molar-refractivity contribution in [1.82, 2.24) is 9.47 Å². The number of Topliss-reactive ketones (excluding diaryl/α,β-unsaturated/α-hetero) is 1. The molecule has 2 aromatic heterocycles. The molecule has 5 heteroatoms. The minimum absolute atomic E-state index is 0.0810. The highest BCUT2D eigenvalue weighted by atomic mass is 19.1. The standard InChI is InChI=1S/C21H23FN2O2/c1-15-11-20(21(25)14-23(3)13-19-5-4-10-26-19)16(2)24(15)12-17-6-8-18(22)9-7-17/h4-11H,12-14H2,1-3H3. The molecule has 26 heavy (non-hydrogen) atoms. The average molecular weight is 354 g/mol. The molecule has 136 valence electrons. The van der Waals surface area contributed by atoms with Crippen LogP contribution in [0.15, 0.2) is 53.1 Å². The molecule has 0 unspecified atom stereocenters. The van der Waals surface area contributed by atoms with Crippen molar-refractivity contribution in [3.8, 4) is 0 Å². The van der Waals surface area contributed by atoms with Crippen LogP contribution in [-0.2, 0) is 13.1 Å². The predicted molar refractivity (Wildman–Crippen MR) is 98.8 cm³/mol. The number of ketones is 1. The number of carbonyl (C=O) groups excluding carboxylic acids is 1. The van der Waals surface area contributed by atoms with E-state index in [1.807, 2.05) is 44.0 Å². The van der Waals surface area contributed by atoms with Crippen molar-refractivity contribution in [2.45, 2.75) is 26.9 Å².